The van der Waals surface area contributed by atoms with Crippen LogP contribution in [0.2, 0.25) is 0 Å². The highest BCUT2D eigenvalue weighted by atomic mass is 35.5. The van der Waals surface area contributed by atoms with E-state index in [-0.39, 0.29) is 18.3 Å². The number of rotatable bonds is 5. The van der Waals surface area contributed by atoms with Crippen LogP contribution in [0.4, 0.5) is 0 Å². The first-order valence-corrected chi connectivity index (χ1v) is 6.84. The normalized spacial score (nSPS) is 19.5. The van der Waals surface area contributed by atoms with Crippen molar-refractivity contribution in [1.82, 2.24) is 15.5 Å². The highest BCUT2D eigenvalue weighted by Gasteiger charge is 2.22. The van der Waals surface area contributed by atoms with E-state index in [9.17, 15) is 4.79 Å². The van der Waals surface area contributed by atoms with Crippen molar-refractivity contribution in [2.75, 3.05) is 26.7 Å². The second-order valence-electron chi connectivity index (χ2n) is 4.37. The van der Waals surface area contributed by atoms with Crippen LogP contribution in [0.5, 0.6) is 0 Å². The summed E-state index contributed by atoms with van der Waals surface area (Å²) in [6.07, 6.45) is 1.13. The van der Waals surface area contributed by atoms with E-state index >= 15 is 0 Å². The molecule has 1 amide bonds. The Kier molecular flexibility index (Phi) is 6.63. The zero-order chi connectivity index (χ0) is 12.1. The topological polar surface area (TPSA) is 44.4 Å². The van der Waals surface area contributed by atoms with Crippen molar-refractivity contribution in [1.29, 1.82) is 0 Å². The lowest BCUT2D eigenvalue weighted by Crippen LogP contribution is -2.37. The fraction of sp³-hybridized carbons (Fsp3) is 0.583. The third-order valence-corrected chi connectivity index (χ3v) is 3.96. The van der Waals surface area contributed by atoms with E-state index in [0.717, 1.165) is 19.5 Å². The van der Waals surface area contributed by atoms with Gasteiger partial charge in [0.05, 0.1) is 13.1 Å². The lowest BCUT2D eigenvalue weighted by Gasteiger charge is -2.15. The number of hydrogen-bond acceptors (Lipinski definition) is 4. The van der Waals surface area contributed by atoms with Gasteiger partial charge in [-0.3, -0.25) is 9.69 Å². The number of halogens is 1. The van der Waals surface area contributed by atoms with Crippen LogP contribution in [-0.2, 0) is 11.3 Å². The van der Waals surface area contributed by atoms with Crippen LogP contribution in [-0.4, -0.2) is 43.5 Å². The molecule has 1 atom stereocenters. The minimum absolute atomic E-state index is 0. The second-order valence-corrected chi connectivity index (χ2v) is 5.40. The van der Waals surface area contributed by atoms with Crippen LogP contribution in [0.15, 0.2) is 17.5 Å². The summed E-state index contributed by atoms with van der Waals surface area (Å²) in [4.78, 5) is 15.1. The minimum atomic E-state index is 0. The van der Waals surface area contributed by atoms with E-state index in [4.69, 9.17) is 0 Å². The summed E-state index contributed by atoms with van der Waals surface area (Å²) in [5, 5.41) is 8.23. The van der Waals surface area contributed by atoms with Crippen molar-refractivity contribution in [3.63, 3.8) is 0 Å². The van der Waals surface area contributed by atoms with E-state index in [1.54, 1.807) is 11.3 Å². The summed E-state index contributed by atoms with van der Waals surface area (Å²) in [6, 6.07) is 4.59. The minimum Gasteiger partial charge on any atom is -0.350 e. The maximum Gasteiger partial charge on any atom is 0.234 e. The SMILES string of the molecule is CNC1CCN(CC(=O)NCc2cccs2)C1.Cl. The molecule has 1 aliphatic rings. The van der Waals surface area contributed by atoms with Crippen LogP contribution >= 0.6 is 23.7 Å². The predicted octanol–water partition coefficient (Wildman–Crippen LogP) is 1.08. The van der Waals surface area contributed by atoms with Gasteiger partial charge in [0, 0.05) is 24.0 Å². The maximum atomic E-state index is 11.7. The Morgan fingerprint density at radius 3 is 3.06 bits per heavy atom. The summed E-state index contributed by atoms with van der Waals surface area (Å²) in [5.41, 5.74) is 0. The number of nitrogens with one attached hydrogen (secondary N) is 2. The third-order valence-electron chi connectivity index (χ3n) is 3.09. The van der Waals surface area contributed by atoms with Crippen molar-refractivity contribution in [2.45, 2.75) is 19.0 Å². The maximum absolute atomic E-state index is 11.7. The van der Waals surface area contributed by atoms with Crippen molar-refractivity contribution >= 4 is 29.7 Å². The van der Waals surface area contributed by atoms with Gasteiger partial charge < -0.3 is 10.6 Å². The molecule has 1 unspecified atom stereocenters. The molecule has 0 aromatic carbocycles. The van der Waals surface area contributed by atoms with Crippen LogP contribution in [0.3, 0.4) is 0 Å². The number of likely N-dealkylation sites (tertiary alicyclic amines) is 1. The molecule has 0 radical (unpaired) electrons. The number of hydrogen-bond donors (Lipinski definition) is 2. The third kappa shape index (κ3) is 4.57. The molecular weight excluding hydrogens is 270 g/mol. The first kappa shape index (κ1) is 15.4. The summed E-state index contributed by atoms with van der Waals surface area (Å²) < 4.78 is 0. The van der Waals surface area contributed by atoms with Gasteiger partial charge in [-0.1, -0.05) is 6.07 Å². The van der Waals surface area contributed by atoms with E-state index in [0.29, 0.717) is 19.1 Å². The molecule has 0 bridgehead atoms. The largest absolute Gasteiger partial charge is 0.350 e. The van der Waals surface area contributed by atoms with Crippen molar-refractivity contribution in [3.8, 4) is 0 Å². The average molecular weight is 290 g/mol. The molecular formula is C12H20ClN3OS. The lowest BCUT2D eigenvalue weighted by atomic mass is 10.3. The molecule has 2 heterocycles. The average Bonchev–Trinajstić information content (AvgIpc) is 2.97. The van der Waals surface area contributed by atoms with Gasteiger partial charge in [0.25, 0.3) is 0 Å². The molecule has 2 N–H and O–H groups in total. The molecule has 0 aliphatic carbocycles. The molecule has 0 saturated carbocycles. The number of thiophene rings is 1. The molecule has 102 valence electrons. The molecule has 1 aliphatic heterocycles. The Bertz CT molecular complexity index is 358. The number of nitrogens with zero attached hydrogens (tertiary/aromatic N) is 1. The van der Waals surface area contributed by atoms with Crippen LogP contribution in [0.25, 0.3) is 0 Å². The molecule has 6 heteroatoms. The number of amides is 1. The standard InChI is InChI=1S/C12H19N3OS.ClH/c1-13-10-4-5-15(8-10)9-12(16)14-7-11-3-2-6-17-11;/h2-3,6,10,13H,4-5,7-9H2,1H3,(H,14,16);1H. The Balaban J connectivity index is 0.00000162. The van der Waals surface area contributed by atoms with Gasteiger partial charge in [-0.2, -0.15) is 0 Å². The highest BCUT2D eigenvalue weighted by Crippen LogP contribution is 2.09. The molecule has 1 fully saturated rings. The smallest absolute Gasteiger partial charge is 0.234 e. The van der Waals surface area contributed by atoms with E-state index in [2.05, 4.69) is 15.5 Å². The Morgan fingerprint density at radius 1 is 1.61 bits per heavy atom. The Hall–Kier alpha value is -0.620. The van der Waals surface area contributed by atoms with Gasteiger partial charge in [0.15, 0.2) is 0 Å². The van der Waals surface area contributed by atoms with Gasteiger partial charge in [-0.25, -0.2) is 0 Å². The summed E-state index contributed by atoms with van der Waals surface area (Å²) >= 11 is 1.67. The lowest BCUT2D eigenvalue weighted by molar-refractivity contribution is -0.122. The van der Waals surface area contributed by atoms with Crippen molar-refractivity contribution < 1.29 is 4.79 Å². The first-order valence-electron chi connectivity index (χ1n) is 5.96. The Morgan fingerprint density at radius 2 is 2.44 bits per heavy atom. The predicted molar refractivity (Wildman–Crippen MR) is 77.3 cm³/mol. The number of likely N-dealkylation sites (N-methyl/N-ethyl adjacent to an activating group) is 1. The van der Waals surface area contributed by atoms with E-state index in [1.165, 1.54) is 4.88 Å². The van der Waals surface area contributed by atoms with Gasteiger partial charge in [0.2, 0.25) is 5.91 Å². The quantitative estimate of drug-likeness (QED) is 0.853. The van der Waals surface area contributed by atoms with E-state index < -0.39 is 0 Å². The van der Waals surface area contributed by atoms with Gasteiger partial charge in [-0.15, -0.1) is 23.7 Å². The zero-order valence-corrected chi connectivity index (χ0v) is 12.1. The van der Waals surface area contributed by atoms with Crippen LogP contribution in [0.1, 0.15) is 11.3 Å². The molecule has 4 nitrogen and oxygen atoms in total. The monoisotopic (exact) mass is 289 g/mol. The van der Waals surface area contributed by atoms with Crippen LogP contribution in [0, 0.1) is 0 Å². The summed E-state index contributed by atoms with van der Waals surface area (Å²) in [5.74, 6) is 0.121. The molecule has 2 rings (SSSR count). The van der Waals surface area contributed by atoms with Crippen molar-refractivity contribution in [3.05, 3.63) is 22.4 Å². The first-order chi connectivity index (χ1) is 8.28. The zero-order valence-electron chi connectivity index (χ0n) is 10.5. The molecule has 1 saturated heterocycles. The van der Waals surface area contributed by atoms with Gasteiger partial charge >= 0.3 is 0 Å². The second kappa shape index (κ2) is 7.74. The molecule has 18 heavy (non-hydrogen) atoms. The summed E-state index contributed by atoms with van der Waals surface area (Å²) in [7, 11) is 1.98. The van der Waals surface area contributed by atoms with Gasteiger partial charge in [-0.05, 0) is 24.9 Å². The Labute approximate surface area is 118 Å². The molecule has 0 spiro atoms. The van der Waals surface area contributed by atoms with Crippen LogP contribution < -0.4 is 10.6 Å². The summed E-state index contributed by atoms with van der Waals surface area (Å²) in [6.45, 7) is 3.16. The fourth-order valence-corrected chi connectivity index (χ4v) is 2.71. The molecule has 1 aromatic rings. The number of carbonyl (C=O) groups excluding carboxylic acids is 1. The van der Waals surface area contributed by atoms with Crippen molar-refractivity contribution in [2.24, 2.45) is 0 Å². The molecule has 1 aromatic heterocycles. The van der Waals surface area contributed by atoms with E-state index in [1.807, 2.05) is 24.6 Å². The van der Waals surface area contributed by atoms with Gasteiger partial charge in [0.1, 0.15) is 0 Å². The number of carbonyl (C=O) groups is 1. The fourth-order valence-electron chi connectivity index (χ4n) is 2.07. The highest BCUT2D eigenvalue weighted by molar-refractivity contribution is 7.09.